The SMILES string of the molecule is CN(C)c1ccc(CN(C)S(=O)(=O)c2ccccc2C(F)(F)F)cc1. The third kappa shape index (κ3) is 4.32. The lowest BCUT2D eigenvalue weighted by atomic mass is 10.2. The highest BCUT2D eigenvalue weighted by atomic mass is 32.2. The van der Waals surface area contributed by atoms with E-state index in [9.17, 15) is 21.6 Å². The number of halogens is 3. The van der Waals surface area contributed by atoms with E-state index in [1.807, 2.05) is 31.1 Å². The number of rotatable bonds is 5. The Morgan fingerprint density at radius 2 is 1.48 bits per heavy atom. The number of benzene rings is 2. The normalized spacial score (nSPS) is 12.4. The van der Waals surface area contributed by atoms with Gasteiger partial charge in [-0.1, -0.05) is 24.3 Å². The fourth-order valence-corrected chi connectivity index (χ4v) is 3.70. The van der Waals surface area contributed by atoms with Crippen LogP contribution >= 0.6 is 0 Å². The third-order valence-corrected chi connectivity index (χ3v) is 5.60. The Hall–Kier alpha value is -2.06. The van der Waals surface area contributed by atoms with E-state index in [-0.39, 0.29) is 6.54 Å². The zero-order valence-corrected chi connectivity index (χ0v) is 14.9. The smallest absolute Gasteiger partial charge is 0.378 e. The molecule has 0 aliphatic rings. The monoisotopic (exact) mass is 372 g/mol. The van der Waals surface area contributed by atoms with Crippen molar-refractivity contribution < 1.29 is 21.6 Å². The molecule has 8 heteroatoms. The van der Waals surface area contributed by atoms with Gasteiger partial charge in [0.15, 0.2) is 0 Å². The molecule has 4 nitrogen and oxygen atoms in total. The minimum Gasteiger partial charge on any atom is -0.378 e. The van der Waals surface area contributed by atoms with Crippen molar-refractivity contribution in [3.63, 3.8) is 0 Å². The maximum Gasteiger partial charge on any atom is 0.417 e. The van der Waals surface area contributed by atoms with Crippen LogP contribution in [0.4, 0.5) is 18.9 Å². The lowest BCUT2D eigenvalue weighted by Crippen LogP contribution is -2.28. The minimum absolute atomic E-state index is 0.0256. The highest BCUT2D eigenvalue weighted by Gasteiger charge is 2.38. The lowest BCUT2D eigenvalue weighted by molar-refractivity contribution is -0.139. The highest BCUT2D eigenvalue weighted by Crippen LogP contribution is 2.35. The Bertz CT molecular complexity index is 832. The molecule has 0 radical (unpaired) electrons. The van der Waals surface area contributed by atoms with Crippen LogP contribution in [0.3, 0.4) is 0 Å². The molecule has 2 rings (SSSR count). The van der Waals surface area contributed by atoms with E-state index >= 15 is 0 Å². The molecule has 25 heavy (non-hydrogen) atoms. The van der Waals surface area contributed by atoms with Crippen molar-refractivity contribution in [1.29, 1.82) is 0 Å². The second-order valence-electron chi connectivity index (χ2n) is 5.82. The molecule has 0 atom stereocenters. The topological polar surface area (TPSA) is 40.6 Å². The van der Waals surface area contributed by atoms with Crippen LogP contribution in [-0.4, -0.2) is 33.9 Å². The van der Waals surface area contributed by atoms with Crippen LogP contribution in [0.15, 0.2) is 53.4 Å². The van der Waals surface area contributed by atoms with Gasteiger partial charge in [-0.05, 0) is 29.8 Å². The van der Waals surface area contributed by atoms with Gasteiger partial charge in [-0.2, -0.15) is 17.5 Å². The predicted octanol–water partition coefficient (Wildman–Crippen LogP) is 3.59. The summed E-state index contributed by atoms with van der Waals surface area (Å²) in [5, 5.41) is 0. The van der Waals surface area contributed by atoms with Crippen molar-refractivity contribution in [2.75, 3.05) is 26.0 Å². The maximum absolute atomic E-state index is 13.1. The van der Waals surface area contributed by atoms with Gasteiger partial charge in [-0.25, -0.2) is 8.42 Å². The third-order valence-electron chi connectivity index (χ3n) is 3.74. The highest BCUT2D eigenvalue weighted by molar-refractivity contribution is 7.89. The summed E-state index contributed by atoms with van der Waals surface area (Å²) in [7, 11) is 0.741. The van der Waals surface area contributed by atoms with Gasteiger partial charge in [-0.3, -0.25) is 0 Å². The molecular formula is C17H19F3N2O2S. The Labute approximate surface area is 145 Å². The molecule has 136 valence electrons. The van der Waals surface area contributed by atoms with Crippen LogP contribution in [0.5, 0.6) is 0 Å². The molecule has 0 amide bonds. The Balaban J connectivity index is 2.31. The molecule has 2 aromatic carbocycles. The van der Waals surface area contributed by atoms with Gasteiger partial charge in [0.25, 0.3) is 0 Å². The zero-order valence-electron chi connectivity index (χ0n) is 14.1. The number of alkyl halides is 3. The molecule has 0 bridgehead atoms. The molecular weight excluding hydrogens is 353 g/mol. The average molecular weight is 372 g/mol. The van der Waals surface area contributed by atoms with Gasteiger partial charge in [-0.15, -0.1) is 0 Å². The molecule has 0 heterocycles. The molecule has 0 spiro atoms. The summed E-state index contributed by atoms with van der Waals surface area (Å²) >= 11 is 0. The van der Waals surface area contributed by atoms with E-state index < -0.39 is 26.7 Å². The maximum atomic E-state index is 13.1. The quantitative estimate of drug-likeness (QED) is 0.805. The van der Waals surface area contributed by atoms with Crippen LogP contribution in [0, 0.1) is 0 Å². The van der Waals surface area contributed by atoms with Crippen molar-refractivity contribution in [2.24, 2.45) is 0 Å². The van der Waals surface area contributed by atoms with Crippen molar-refractivity contribution in [3.05, 3.63) is 59.7 Å². The standard InChI is InChI=1S/C17H19F3N2O2S/c1-21(2)14-10-8-13(9-11-14)12-22(3)25(23,24)16-7-5-4-6-15(16)17(18,19)20/h4-11H,12H2,1-3H3. The predicted molar refractivity (Wildman–Crippen MR) is 90.9 cm³/mol. The van der Waals surface area contributed by atoms with Gasteiger partial charge in [0.2, 0.25) is 10.0 Å². The van der Waals surface area contributed by atoms with Crippen LogP contribution in [-0.2, 0) is 22.7 Å². The van der Waals surface area contributed by atoms with Crippen LogP contribution in [0.1, 0.15) is 11.1 Å². The summed E-state index contributed by atoms with van der Waals surface area (Å²) in [6.45, 7) is -0.0256. The average Bonchev–Trinajstić information content (AvgIpc) is 2.54. The van der Waals surface area contributed by atoms with E-state index in [1.54, 1.807) is 12.1 Å². The van der Waals surface area contributed by atoms with Gasteiger partial charge in [0, 0.05) is 33.4 Å². The van der Waals surface area contributed by atoms with Crippen molar-refractivity contribution in [1.82, 2.24) is 4.31 Å². The minimum atomic E-state index is -4.74. The molecule has 0 saturated heterocycles. The van der Waals surface area contributed by atoms with Crippen LogP contribution in [0.2, 0.25) is 0 Å². The van der Waals surface area contributed by atoms with Crippen molar-refractivity contribution >= 4 is 15.7 Å². The van der Waals surface area contributed by atoms with E-state index in [0.717, 1.165) is 22.1 Å². The fraction of sp³-hybridized carbons (Fsp3) is 0.294. The summed E-state index contributed by atoms with van der Waals surface area (Å²) in [5.41, 5.74) is 0.461. The first-order valence-corrected chi connectivity index (χ1v) is 8.86. The molecule has 0 fully saturated rings. The van der Waals surface area contributed by atoms with Crippen LogP contribution in [0.25, 0.3) is 0 Å². The first-order chi connectivity index (χ1) is 11.5. The summed E-state index contributed by atoms with van der Waals surface area (Å²) < 4.78 is 65.4. The Kier molecular flexibility index (Phi) is 5.43. The summed E-state index contributed by atoms with van der Waals surface area (Å²) in [5.74, 6) is 0. The number of nitrogens with zero attached hydrogens (tertiary/aromatic N) is 2. The summed E-state index contributed by atoms with van der Waals surface area (Å²) in [6, 6.07) is 11.3. The molecule has 0 N–H and O–H groups in total. The van der Waals surface area contributed by atoms with E-state index in [1.165, 1.54) is 19.2 Å². The van der Waals surface area contributed by atoms with E-state index in [2.05, 4.69) is 0 Å². The summed E-state index contributed by atoms with van der Waals surface area (Å²) in [6.07, 6.45) is -4.74. The fourth-order valence-electron chi connectivity index (χ4n) is 2.34. The second-order valence-corrected chi connectivity index (χ2v) is 7.83. The lowest BCUT2D eigenvalue weighted by Gasteiger charge is -2.20. The van der Waals surface area contributed by atoms with Crippen molar-refractivity contribution in [3.8, 4) is 0 Å². The van der Waals surface area contributed by atoms with Crippen LogP contribution < -0.4 is 4.90 Å². The van der Waals surface area contributed by atoms with E-state index in [4.69, 9.17) is 0 Å². The Morgan fingerprint density at radius 3 is 2.00 bits per heavy atom. The first-order valence-electron chi connectivity index (χ1n) is 7.42. The number of hydrogen-bond donors (Lipinski definition) is 0. The molecule has 0 aromatic heterocycles. The Morgan fingerprint density at radius 1 is 0.920 bits per heavy atom. The number of anilines is 1. The number of sulfonamides is 1. The van der Waals surface area contributed by atoms with Gasteiger partial charge in [0.1, 0.15) is 0 Å². The molecule has 0 saturated carbocycles. The molecule has 0 aliphatic heterocycles. The van der Waals surface area contributed by atoms with Gasteiger partial charge < -0.3 is 4.90 Å². The van der Waals surface area contributed by atoms with Crippen molar-refractivity contribution in [2.45, 2.75) is 17.6 Å². The molecule has 0 unspecified atom stereocenters. The summed E-state index contributed by atoms with van der Waals surface area (Å²) in [4.78, 5) is 1.15. The van der Waals surface area contributed by atoms with Gasteiger partial charge >= 0.3 is 6.18 Å². The van der Waals surface area contributed by atoms with E-state index in [0.29, 0.717) is 5.56 Å². The molecule has 0 aliphatic carbocycles. The number of hydrogen-bond acceptors (Lipinski definition) is 3. The van der Waals surface area contributed by atoms with Gasteiger partial charge in [0.05, 0.1) is 10.5 Å². The largest absolute Gasteiger partial charge is 0.417 e. The molecule has 2 aromatic rings. The first kappa shape index (κ1) is 19.3. The second kappa shape index (κ2) is 7.05. The zero-order chi connectivity index (χ0) is 18.8.